The van der Waals surface area contributed by atoms with Crippen LogP contribution >= 0.6 is 23.2 Å². The fourth-order valence-corrected chi connectivity index (χ4v) is 4.05. The highest BCUT2D eigenvalue weighted by atomic mass is 35.5. The monoisotopic (exact) mass is 518 g/mol. The zero-order valence-electron chi connectivity index (χ0n) is 18.0. The molecule has 0 aromatic heterocycles. The van der Waals surface area contributed by atoms with Gasteiger partial charge in [0, 0.05) is 33.9 Å². The van der Waals surface area contributed by atoms with Crippen molar-refractivity contribution in [1.29, 1.82) is 5.41 Å². The molecule has 0 aliphatic carbocycles. The summed E-state index contributed by atoms with van der Waals surface area (Å²) in [5.74, 6) is -0.976. The summed E-state index contributed by atoms with van der Waals surface area (Å²) in [5.41, 5.74) is -3.43. The number of rotatable bonds is 6. The minimum atomic E-state index is -5.02. The van der Waals surface area contributed by atoms with Crippen LogP contribution in [0.5, 0.6) is 0 Å². The van der Waals surface area contributed by atoms with Crippen molar-refractivity contribution < 1.29 is 32.7 Å². The van der Waals surface area contributed by atoms with Crippen molar-refractivity contribution in [2.24, 2.45) is 0 Å². The zero-order valence-corrected chi connectivity index (χ0v) is 19.5. The number of aryl methyl sites for hydroxylation is 1. The fraction of sp³-hybridized carbons (Fsp3) is 0.318. The molecule has 2 amide bonds. The first kappa shape index (κ1) is 26.0. The third-order valence-electron chi connectivity index (χ3n) is 5.45. The number of hydrogen-bond acceptors (Lipinski definition) is 4. The lowest BCUT2D eigenvalue weighted by Crippen LogP contribution is -2.44. The summed E-state index contributed by atoms with van der Waals surface area (Å²) in [5, 5.41) is 19.9. The van der Waals surface area contributed by atoms with Crippen molar-refractivity contribution in [2.75, 3.05) is 13.7 Å². The Morgan fingerprint density at radius 3 is 2.35 bits per heavy atom. The number of benzene rings is 2. The highest BCUT2D eigenvalue weighted by molar-refractivity contribution is 6.34. The Kier molecular flexibility index (Phi) is 7.28. The van der Waals surface area contributed by atoms with Gasteiger partial charge in [-0.15, -0.1) is 0 Å². The van der Waals surface area contributed by atoms with E-state index in [2.05, 4.69) is 5.32 Å². The molecular weight excluding hydrogens is 498 g/mol. The minimum Gasteiger partial charge on any atom is -0.430 e. The van der Waals surface area contributed by atoms with Gasteiger partial charge in [0.1, 0.15) is 12.6 Å². The Morgan fingerprint density at radius 1 is 1.24 bits per heavy atom. The van der Waals surface area contributed by atoms with Crippen LogP contribution in [0.2, 0.25) is 10.0 Å². The summed E-state index contributed by atoms with van der Waals surface area (Å²) in [7, 11) is 1.42. The summed E-state index contributed by atoms with van der Waals surface area (Å²) in [6, 6.07) is 6.48. The largest absolute Gasteiger partial charge is 0.470 e. The molecule has 0 spiro atoms. The van der Waals surface area contributed by atoms with Crippen LogP contribution < -0.4 is 5.32 Å². The number of halogens is 5. The van der Waals surface area contributed by atoms with Gasteiger partial charge in [0.15, 0.2) is 0 Å². The van der Waals surface area contributed by atoms with Crippen LogP contribution in [0.1, 0.15) is 33.5 Å². The van der Waals surface area contributed by atoms with E-state index < -0.39 is 47.3 Å². The molecule has 2 atom stereocenters. The lowest BCUT2D eigenvalue weighted by molar-refractivity contribution is -0.263. The van der Waals surface area contributed by atoms with E-state index in [-0.39, 0.29) is 27.8 Å². The van der Waals surface area contributed by atoms with E-state index >= 15 is 0 Å². The molecule has 0 saturated carbocycles. The van der Waals surface area contributed by atoms with E-state index in [0.717, 1.165) is 17.2 Å². The third-order valence-corrected chi connectivity index (χ3v) is 5.89. The van der Waals surface area contributed by atoms with E-state index in [1.807, 2.05) is 0 Å². The molecular formula is C22H21Cl2F3N3O4+. The Labute approximate surface area is 202 Å². The lowest BCUT2D eigenvalue weighted by Gasteiger charge is -2.27. The predicted molar refractivity (Wildman–Crippen MR) is 120 cm³/mol. The summed E-state index contributed by atoms with van der Waals surface area (Å²) in [6.07, 6.45) is -6.02. The molecule has 1 aliphatic rings. The Bertz CT molecular complexity index is 1140. The predicted octanol–water partition coefficient (Wildman–Crippen LogP) is 3.74. The van der Waals surface area contributed by atoms with Crippen LogP contribution in [-0.4, -0.2) is 53.6 Å². The van der Waals surface area contributed by atoms with Gasteiger partial charge in [0.05, 0.1) is 6.42 Å². The van der Waals surface area contributed by atoms with Crippen molar-refractivity contribution in [3.63, 3.8) is 0 Å². The quantitative estimate of drug-likeness (QED) is 0.449. The second-order valence-electron chi connectivity index (χ2n) is 7.90. The highest BCUT2D eigenvalue weighted by Crippen LogP contribution is 2.43. The van der Waals surface area contributed by atoms with Gasteiger partial charge in [-0.2, -0.15) is 13.2 Å². The highest BCUT2D eigenvalue weighted by Gasteiger charge is 2.61. The van der Waals surface area contributed by atoms with E-state index in [1.165, 1.54) is 31.3 Å². The number of carbonyl (C=O) groups is 2. The molecule has 2 aromatic rings. The molecule has 0 bridgehead atoms. The van der Waals surface area contributed by atoms with Gasteiger partial charge in [-0.25, -0.2) is 5.06 Å². The number of nitrogens with one attached hydrogen (secondary N) is 2. The van der Waals surface area contributed by atoms with Crippen molar-refractivity contribution in [1.82, 2.24) is 10.4 Å². The van der Waals surface area contributed by atoms with Gasteiger partial charge in [0.2, 0.25) is 0 Å². The molecule has 1 heterocycles. The van der Waals surface area contributed by atoms with E-state index in [4.69, 9.17) is 38.6 Å². The maximum absolute atomic E-state index is 14.0. The average Bonchev–Trinajstić information content (AvgIpc) is 3.04. The van der Waals surface area contributed by atoms with Gasteiger partial charge < -0.3 is 15.8 Å². The lowest BCUT2D eigenvalue weighted by atomic mass is 9.85. The topological polar surface area (TPSA) is 105 Å². The fourth-order valence-electron chi connectivity index (χ4n) is 3.52. The average molecular weight is 519 g/mol. The van der Waals surface area contributed by atoms with Crippen LogP contribution in [0.25, 0.3) is 0 Å². The Balaban J connectivity index is 1.84. The normalized spacial score (nSPS) is 18.1. The number of hydroxylamine groups is 2. The van der Waals surface area contributed by atoms with Gasteiger partial charge in [-0.3, -0.25) is 14.4 Å². The second kappa shape index (κ2) is 9.53. The Hall–Kier alpha value is -2.66. The zero-order chi connectivity index (χ0) is 25.4. The van der Waals surface area contributed by atoms with Crippen molar-refractivity contribution in [2.45, 2.75) is 31.2 Å². The first-order valence-corrected chi connectivity index (χ1v) is 10.7. The number of alkyl halides is 3. The van der Waals surface area contributed by atoms with Gasteiger partial charge >= 0.3 is 6.18 Å². The SMILES string of the molecule is Cc1cc(C(=N)CC([OH2+])(c2cc(Cl)cc(Cl)c2)C(F)(F)F)ccc1C(=O)N[C@@H]1CON(C)C1=O. The first-order chi connectivity index (χ1) is 15.7. The molecule has 34 heavy (non-hydrogen) atoms. The number of amides is 2. The molecule has 1 unspecified atom stereocenters. The van der Waals surface area contributed by atoms with Gasteiger partial charge in [-0.1, -0.05) is 29.3 Å². The molecule has 1 saturated heterocycles. The summed E-state index contributed by atoms with van der Waals surface area (Å²) in [4.78, 5) is 29.5. The van der Waals surface area contributed by atoms with Crippen molar-refractivity contribution >= 4 is 40.7 Å². The standard InChI is InChI=1S/C22H20Cl2F3N3O4/c1-11-5-12(3-4-16(11)19(31)29-18-10-34-30(2)20(18)32)17(28)9-21(33,22(25,26)27)13-6-14(23)8-15(24)7-13/h3-8,18,28,33H,9-10H2,1-2H3,(H,29,31)/p+1/t18-,21?/m1/s1. The summed E-state index contributed by atoms with van der Waals surface area (Å²) >= 11 is 11.7. The summed E-state index contributed by atoms with van der Waals surface area (Å²) in [6.45, 7) is 1.54. The molecule has 3 rings (SSSR count). The summed E-state index contributed by atoms with van der Waals surface area (Å²) < 4.78 is 41.9. The molecule has 0 radical (unpaired) electrons. The minimum absolute atomic E-state index is 0.0145. The number of carbonyl (C=O) groups excluding carboxylic acids is 2. The van der Waals surface area contributed by atoms with Crippen LogP contribution in [0, 0.1) is 12.3 Å². The van der Waals surface area contributed by atoms with E-state index in [9.17, 15) is 22.8 Å². The second-order valence-corrected chi connectivity index (χ2v) is 8.78. The number of likely N-dealkylation sites (N-methyl/N-ethyl adjacent to an activating group) is 1. The van der Waals surface area contributed by atoms with E-state index in [0.29, 0.717) is 5.56 Å². The van der Waals surface area contributed by atoms with Crippen molar-refractivity contribution in [3.05, 3.63) is 68.7 Å². The third kappa shape index (κ3) is 5.20. The maximum Gasteiger partial charge on any atom is 0.470 e. The molecule has 182 valence electrons. The molecule has 12 heteroatoms. The first-order valence-electron chi connectivity index (χ1n) is 9.91. The molecule has 1 fully saturated rings. The number of hydrogen-bond donors (Lipinski definition) is 2. The van der Waals surface area contributed by atoms with Gasteiger partial charge in [0.25, 0.3) is 17.4 Å². The number of nitrogens with zero attached hydrogens (tertiary/aromatic N) is 1. The van der Waals surface area contributed by atoms with E-state index in [1.54, 1.807) is 6.92 Å². The van der Waals surface area contributed by atoms with Gasteiger partial charge in [-0.05, 0) is 48.4 Å². The maximum atomic E-state index is 14.0. The molecule has 4 N–H and O–H groups in total. The van der Waals surface area contributed by atoms with Crippen LogP contribution in [0.15, 0.2) is 36.4 Å². The smallest absolute Gasteiger partial charge is 0.430 e. The van der Waals surface area contributed by atoms with Crippen LogP contribution in [0.3, 0.4) is 0 Å². The van der Waals surface area contributed by atoms with Crippen molar-refractivity contribution in [3.8, 4) is 0 Å². The molecule has 2 aromatic carbocycles. The molecule has 7 nitrogen and oxygen atoms in total. The Morgan fingerprint density at radius 2 is 1.85 bits per heavy atom. The molecule has 1 aliphatic heterocycles. The van der Waals surface area contributed by atoms with Crippen LogP contribution in [-0.2, 0) is 15.2 Å². The van der Waals surface area contributed by atoms with Crippen LogP contribution in [0.4, 0.5) is 13.2 Å².